The molecule has 1 aliphatic rings. The molecule has 0 aliphatic heterocycles. The molecule has 1 fully saturated rings. The summed E-state index contributed by atoms with van der Waals surface area (Å²) in [6.07, 6.45) is 8.93. The maximum Gasteiger partial charge on any atom is 0.328 e. The summed E-state index contributed by atoms with van der Waals surface area (Å²) in [7, 11) is 0. The van der Waals surface area contributed by atoms with E-state index in [2.05, 4.69) is 6.92 Å². The van der Waals surface area contributed by atoms with E-state index in [-0.39, 0.29) is 6.10 Å². The summed E-state index contributed by atoms with van der Waals surface area (Å²) in [5, 5.41) is 8.79. The quantitative estimate of drug-likeness (QED) is 0.815. The van der Waals surface area contributed by atoms with E-state index >= 15 is 0 Å². The zero-order valence-corrected chi connectivity index (χ0v) is 12.8. The number of ether oxygens (including phenoxy) is 1. The summed E-state index contributed by atoms with van der Waals surface area (Å²) < 4.78 is 6.12. The first-order valence-electron chi connectivity index (χ1n) is 7.76. The van der Waals surface area contributed by atoms with Gasteiger partial charge in [-0.3, -0.25) is 0 Å². The summed E-state index contributed by atoms with van der Waals surface area (Å²) in [6, 6.07) is 5.92. The van der Waals surface area contributed by atoms with Gasteiger partial charge in [0, 0.05) is 11.6 Å². The molecule has 21 heavy (non-hydrogen) atoms. The number of hydrogen-bond donors (Lipinski definition) is 1. The third kappa shape index (κ3) is 4.62. The fraction of sp³-hybridized carbons (Fsp3) is 0.500. The van der Waals surface area contributed by atoms with E-state index in [1.54, 1.807) is 6.08 Å². The molecule has 114 valence electrons. The van der Waals surface area contributed by atoms with E-state index in [1.165, 1.54) is 19.3 Å². The number of carbonyl (C=O) groups is 1. The lowest BCUT2D eigenvalue weighted by Gasteiger charge is -2.28. The number of carboxylic acid groups (broad SMARTS) is 1. The lowest BCUT2D eigenvalue weighted by Crippen LogP contribution is -2.24. The Kier molecular flexibility index (Phi) is 5.43. The van der Waals surface area contributed by atoms with Crippen LogP contribution in [0.5, 0.6) is 5.75 Å². The van der Waals surface area contributed by atoms with Gasteiger partial charge in [-0.05, 0) is 56.7 Å². The number of rotatable bonds is 5. The van der Waals surface area contributed by atoms with Gasteiger partial charge in [-0.15, -0.1) is 0 Å². The highest BCUT2D eigenvalue weighted by molar-refractivity contribution is 5.86. The van der Waals surface area contributed by atoms with Gasteiger partial charge in [0.1, 0.15) is 5.75 Å². The molecule has 0 bridgehead atoms. The van der Waals surface area contributed by atoms with Gasteiger partial charge >= 0.3 is 5.97 Å². The van der Waals surface area contributed by atoms with E-state index in [0.717, 1.165) is 41.7 Å². The molecule has 0 amide bonds. The van der Waals surface area contributed by atoms with Gasteiger partial charge < -0.3 is 9.84 Å². The van der Waals surface area contributed by atoms with Crippen molar-refractivity contribution in [2.75, 3.05) is 0 Å². The van der Waals surface area contributed by atoms with Crippen molar-refractivity contribution >= 4 is 12.0 Å². The Balaban J connectivity index is 2.07. The van der Waals surface area contributed by atoms with Crippen LogP contribution in [0.25, 0.3) is 6.08 Å². The maximum absolute atomic E-state index is 10.7. The fourth-order valence-electron chi connectivity index (χ4n) is 2.90. The summed E-state index contributed by atoms with van der Waals surface area (Å²) in [6.45, 7) is 4.25. The van der Waals surface area contributed by atoms with E-state index in [0.29, 0.717) is 0 Å². The van der Waals surface area contributed by atoms with Crippen molar-refractivity contribution in [3.05, 3.63) is 35.4 Å². The van der Waals surface area contributed by atoms with Crippen LogP contribution in [-0.2, 0) is 4.79 Å². The van der Waals surface area contributed by atoms with Gasteiger partial charge in [0.2, 0.25) is 0 Å². The molecule has 0 spiro atoms. The van der Waals surface area contributed by atoms with Gasteiger partial charge in [0.15, 0.2) is 0 Å². The van der Waals surface area contributed by atoms with Crippen molar-refractivity contribution in [2.24, 2.45) is 5.92 Å². The number of benzene rings is 1. The highest BCUT2D eigenvalue weighted by Crippen LogP contribution is 2.31. The van der Waals surface area contributed by atoms with Crippen molar-refractivity contribution < 1.29 is 14.6 Å². The number of hydrogen-bond acceptors (Lipinski definition) is 2. The molecule has 3 heteroatoms. The molecule has 3 nitrogen and oxygen atoms in total. The van der Waals surface area contributed by atoms with Crippen LogP contribution in [0.1, 0.15) is 50.2 Å². The van der Waals surface area contributed by atoms with Crippen LogP contribution in [0.2, 0.25) is 0 Å². The molecule has 1 saturated carbocycles. The van der Waals surface area contributed by atoms with Crippen LogP contribution in [-0.4, -0.2) is 17.2 Å². The highest BCUT2D eigenvalue weighted by Gasteiger charge is 2.21. The van der Waals surface area contributed by atoms with E-state index in [4.69, 9.17) is 9.84 Å². The third-order valence-electron chi connectivity index (χ3n) is 4.24. The van der Waals surface area contributed by atoms with Gasteiger partial charge in [-0.25, -0.2) is 4.79 Å². The molecule has 1 aromatic rings. The Labute approximate surface area is 126 Å². The minimum atomic E-state index is -0.939. The number of carboxylic acids is 1. The normalized spacial score (nSPS) is 22.4. The van der Waals surface area contributed by atoms with Crippen molar-refractivity contribution in [3.8, 4) is 5.75 Å². The molecule has 1 aliphatic carbocycles. The van der Waals surface area contributed by atoms with Crippen LogP contribution in [0, 0.1) is 12.8 Å². The first-order valence-corrected chi connectivity index (χ1v) is 7.76. The van der Waals surface area contributed by atoms with E-state index < -0.39 is 5.97 Å². The summed E-state index contributed by atoms with van der Waals surface area (Å²) in [4.78, 5) is 10.7. The second kappa shape index (κ2) is 7.30. The minimum absolute atomic E-state index is 0.257. The molecule has 1 aromatic carbocycles. The second-order valence-electron chi connectivity index (χ2n) is 5.88. The van der Waals surface area contributed by atoms with Crippen molar-refractivity contribution in [1.82, 2.24) is 0 Å². The first-order chi connectivity index (χ1) is 10.1. The zero-order chi connectivity index (χ0) is 15.2. The lowest BCUT2D eigenvalue weighted by molar-refractivity contribution is -0.131. The molecule has 2 rings (SSSR count). The largest absolute Gasteiger partial charge is 0.490 e. The molecular weight excluding hydrogens is 264 g/mol. The zero-order valence-electron chi connectivity index (χ0n) is 12.8. The first kappa shape index (κ1) is 15.6. The van der Waals surface area contributed by atoms with Crippen LogP contribution < -0.4 is 4.74 Å². The smallest absolute Gasteiger partial charge is 0.328 e. The Bertz CT molecular complexity index is 511. The lowest BCUT2D eigenvalue weighted by atomic mass is 9.86. The molecular formula is C18H24O3. The fourth-order valence-corrected chi connectivity index (χ4v) is 2.90. The third-order valence-corrected chi connectivity index (χ3v) is 4.24. The van der Waals surface area contributed by atoms with Crippen molar-refractivity contribution in [3.63, 3.8) is 0 Å². The predicted octanol–water partition coefficient (Wildman–Crippen LogP) is 4.44. The Morgan fingerprint density at radius 3 is 2.67 bits per heavy atom. The molecule has 1 N–H and O–H groups in total. The summed E-state index contributed by atoms with van der Waals surface area (Å²) in [5.74, 6) is 0.693. The molecule has 0 saturated heterocycles. The number of aliphatic carboxylic acids is 1. The Morgan fingerprint density at radius 2 is 2.05 bits per heavy atom. The standard InChI is InChI=1S/C18H24O3/c1-3-14-5-8-16(9-6-14)21-17-10-4-13(2)12-15(17)7-11-18(19)20/h4,7,10-12,14,16H,3,5-6,8-9H2,1-2H3,(H,19,20). The monoisotopic (exact) mass is 288 g/mol. The summed E-state index contributed by atoms with van der Waals surface area (Å²) in [5.41, 5.74) is 1.94. The van der Waals surface area contributed by atoms with Crippen molar-refractivity contribution in [1.29, 1.82) is 0 Å². The minimum Gasteiger partial charge on any atom is -0.490 e. The SMILES string of the molecule is CCC1CCC(Oc2ccc(C)cc2C=CC(=O)O)CC1. The molecule has 0 atom stereocenters. The summed E-state index contributed by atoms with van der Waals surface area (Å²) >= 11 is 0. The maximum atomic E-state index is 10.7. The van der Waals surface area contributed by atoms with E-state index in [9.17, 15) is 4.79 Å². The van der Waals surface area contributed by atoms with Crippen LogP contribution in [0.15, 0.2) is 24.3 Å². The highest BCUT2D eigenvalue weighted by atomic mass is 16.5. The number of aryl methyl sites for hydroxylation is 1. The van der Waals surface area contributed by atoms with Gasteiger partial charge in [-0.2, -0.15) is 0 Å². The average Bonchev–Trinajstić information content (AvgIpc) is 2.48. The van der Waals surface area contributed by atoms with Crippen LogP contribution in [0.4, 0.5) is 0 Å². The Morgan fingerprint density at radius 1 is 1.33 bits per heavy atom. The second-order valence-corrected chi connectivity index (χ2v) is 5.88. The molecule has 0 radical (unpaired) electrons. The molecule has 0 heterocycles. The van der Waals surface area contributed by atoms with Crippen LogP contribution >= 0.6 is 0 Å². The average molecular weight is 288 g/mol. The van der Waals surface area contributed by atoms with Crippen molar-refractivity contribution in [2.45, 2.75) is 52.1 Å². The topological polar surface area (TPSA) is 46.5 Å². The van der Waals surface area contributed by atoms with Gasteiger partial charge in [0.05, 0.1) is 6.10 Å². The van der Waals surface area contributed by atoms with Gasteiger partial charge in [-0.1, -0.05) is 25.0 Å². The predicted molar refractivity (Wildman–Crippen MR) is 84.5 cm³/mol. The van der Waals surface area contributed by atoms with E-state index in [1.807, 2.05) is 25.1 Å². The Hall–Kier alpha value is -1.77. The molecule has 0 aromatic heterocycles. The van der Waals surface area contributed by atoms with Crippen LogP contribution in [0.3, 0.4) is 0 Å². The van der Waals surface area contributed by atoms with Gasteiger partial charge in [0.25, 0.3) is 0 Å². The molecule has 0 unspecified atom stereocenters.